The molecule has 0 heterocycles. The molecule has 0 saturated heterocycles. The summed E-state index contributed by atoms with van der Waals surface area (Å²) in [6, 6.07) is 2.11. The first-order valence-electron chi connectivity index (χ1n) is 5.92. The predicted molar refractivity (Wildman–Crippen MR) is 71.6 cm³/mol. The van der Waals surface area contributed by atoms with Gasteiger partial charge in [0.1, 0.15) is 11.6 Å². The van der Waals surface area contributed by atoms with Crippen LogP contribution < -0.4 is 5.32 Å². The first kappa shape index (κ1) is 15.5. The maximum Gasteiger partial charge on any atom is 0.145 e. The van der Waals surface area contributed by atoms with Gasteiger partial charge in [0.05, 0.1) is 16.6 Å². The Bertz CT molecular complexity index is 401. The fraction of sp³-hybridized carbons (Fsp3) is 0.538. The summed E-state index contributed by atoms with van der Waals surface area (Å²) in [6.45, 7) is 4.45. The molecule has 2 unspecified atom stereocenters. The Balaban J connectivity index is 3.15. The SMILES string of the molecule is CCCNC(c1c(F)ccc(Br)c1F)C(C)OC. The number of rotatable bonds is 6. The monoisotopic (exact) mass is 321 g/mol. The summed E-state index contributed by atoms with van der Waals surface area (Å²) < 4.78 is 33.4. The van der Waals surface area contributed by atoms with Crippen molar-refractivity contribution in [1.29, 1.82) is 0 Å². The van der Waals surface area contributed by atoms with Crippen LogP contribution in [0.15, 0.2) is 16.6 Å². The van der Waals surface area contributed by atoms with E-state index >= 15 is 0 Å². The lowest BCUT2D eigenvalue weighted by molar-refractivity contribution is 0.0804. The number of halogens is 3. The van der Waals surface area contributed by atoms with E-state index in [1.54, 1.807) is 6.92 Å². The van der Waals surface area contributed by atoms with Crippen LogP contribution in [0.1, 0.15) is 31.9 Å². The van der Waals surface area contributed by atoms with E-state index in [9.17, 15) is 8.78 Å². The normalized spacial score (nSPS) is 14.6. The van der Waals surface area contributed by atoms with Gasteiger partial charge in [-0.15, -0.1) is 0 Å². The van der Waals surface area contributed by atoms with Crippen molar-refractivity contribution in [3.05, 3.63) is 33.8 Å². The zero-order valence-corrected chi connectivity index (χ0v) is 12.4. The molecule has 18 heavy (non-hydrogen) atoms. The number of hydrogen-bond acceptors (Lipinski definition) is 2. The molecule has 2 atom stereocenters. The van der Waals surface area contributed by atoms with E-state index in [2.05, 4.69) is 21.2 Å². The van der Waals surface area contributed by atoms with Crippen molar-refractivity contribution in [2.24, 2.45) is 0 Å². The van der Waals surface area contributed by atoms with Crippen LogP contribution in [0, 0.1) is 11.6 Å². The van der Waals surface area contributed by atoms with Crippen LogP contribution in [0.25, 0.3) is 0 Å². The number of ether oxygens (including phenoxy) is 1. The summed E-state index contributed by atoms with van der Waals surface area (Å²) in [5.74, 6) is -1.14. The van der Waals surface area contributed by atoms with Gasteiger partial charge in [0.15, 0.2) is 0 Å². The average molecular weight is 322 g/mol. The molecule has 0 aliphatic heterocycles. The molecule has 0 radical (unpaired) electrons. The van der Waals surface area contributed by atoms with Gasteiger partial charge in [0.2, 0.25) is 0 Å². The predicted octanol–water partition coefficient (Wildman–Crippen LogP) is 3.80. The standard InChI is InChI=1S/C13H18BrF2NO/c1-4-7-17-13(8(2)18-3)11-10(15)6-5-9(14)12(11)16/h5-6,8,13,17H,4,7H2,1-3H3. The van der Waals surface area contributed by atoms with Gasteiger partial charge in [-0.25, -0.2) is 8.78 Å². The third kappa shape index (κ3) is 3.49. The summed E-state index contributed by atoms with van der Waals surface area (Å²) in [5.41, 5.74) is 0.0205. The molecular weight excluding hydrogens is 304 g/mol. The highest BCUT2D eigenvalue weighted by molar-refractivity contribution is 9.10. The van der Waals surface area contributed by atoms with Gasteiger partial charge in [-0.3, -0.25) is 0 Å². The van der Waals surface area contributed by atoms with Gasteiger partial charge >= 0.3 is 0 Å². The van der Waals surface area contributed by atoms with Crippen molar-refractivity contribution < 1.29 is 13.5 Å². The van der Waals surface area contributed by atoms with Crippen molar-refractivity contribution in [1.82, 2.24) is 5.32 Å². The Morgan fingerprint density at radius 2 is 2.06 bits per heavy atom. The smallest absolute Gasteiger partial charge is 0.145 e. The summed E-state index contributed by atoms with van der Waals surface area (Å²) in [7, 11) is 1.53. The minimum absolute atomic E-state index is 0.0205. The molecule has 1 aromatic carbocycles. The molecule has 1 N–H and O–H groups in total. The number of hydrogen-bond donors (Lipinski definition) is 1. The zero-order chi connectivity index (χ0) is 13.7. The lowest BCUT2D eigenvalue weighted by Gasteiger charge is -2.25. The third-order valence-electron chi connectivity index (χ3n) is 2.85. The molecule has 1 rings (SSSR count). The van der Waals surface area contributed by atoms with Gasteiger partial charge in [0, 0.05) is 12.7 Å². The first-order valence-corrected chi connectivity index (χ1v) is 6.71. The molecule has 0 amide bonds. The summed E-state index contributed by atoms with van der Waals surface area (Å²) >= 11 is 3.08. The van der Waals surface area contributed by atoms with E-state index in [1.165, 1.54) is 19.2 Å². The van der Waals surface area contributed by atoms with E-state index in [4.69, 9.17) is 4.74 Å². The molecule has 0 aliphatic rings. The van der Waals surface area contributed by atoms with Gasteiger partial charge in [0.25, 0.3) is 0 Å². The van der Waals surface area contributed by atoms with E-state index in [1.807, 2.05) is 6.92 Å². The number of nitrogens with one attached hydrogen (secondary N) is 1. The van der Waals surface area contributed by atoms with Crippen molar-refractivity contribution in [2.75, 3.05) is 13.7 Å². The minimum Gasteiger partial charge on any atom is -0.380 e. The van der Waals surface area contributed by atoms with Crippen LogP contribution in [0.3, 0.4) is 0 Å². The lowest BCUT2D eigenvalue weighted by Crippen LogP contribution is -2.33. The van der Waals surface area contributed by atoms with E-state index in [-0.39, 0.29) is 16.1 Å². The highest BCUT2D eigenvalue weighted by Crippen LogP contribution is 2.29. The van der Waals surface area contributed by atoms with Crippen molar-refractivity contribution in [3.8, 4) is 0 Å². The second kappa shape index (κ2) is 7.16. The Morgan fingerprint density at radius 3 is 2.61 bits per heavy atom. The van der Waals surface area contributed by atoms with Crippen molar-refractivity contribution in [2.45, 2.75) is 32.4 Å². The molecule has 0 fully saturated rings. The van der Waals surface area contributed by atoms with Crippen LogP contribution in [0.5, 0.6) is 0 Å². The maximum atomic E-state index is 14.1. The molecule has 0 bridgehead atoms. The van der Waals surface area contributed by atoms with Gasteiger partial charge in [-0.05, 0) is 48.0 Å². The largest absolute Gasteiger partial charge is 0.380 e. The highest BCUT2D eigenvalue weighted by Gasteiger charge is 2.26. The molecule has 0 aliphatic carbocycles. The van der Waals surface area contributed by atoms with E-state index in [0.29, 0.717) is 6.54 Å². The second-order valence-electron chi connectivity index (χ2n) is 4.13. The quantitative estimate of drug-likeness (QED) is 0.805. The van der Waals surface area contributed by atoms with Crippen LogP contribution in [0.2, 0.25) is 0 Å². The molecule has 0 aromatic heterocycles. The molecule has 102 valence electrons. The summed E-state index contributed by atoms with van der Waals surface area (Å²) in [6.07, 6.45) is 0.555. The first-order chi connectivity index (χ1) is 8.52. The zero-order valence-electron chi connectivity index (χ0n) is 10.8. The fourth-order valence-corrected chi connectivity index (χ4v) is 2.11. The Kier molecular flexibility index (Phi) is 6.18. The molecule has 1 aromatic rings. The fourth-order valence-electron chi connectivity index (χ4n) is 1.77. The van der Waals surface area contributed by atoms with Gasteiger partial charge in [-0.1, -0.05) is 6.92 Å². The molecule has 0 spiro atoms. The van der Waals surface area contributed by atoms with Crippen LogP contribution >= 0.6 is 15.9 Å². The second-order valence-corrected chi connectivity index (χ2v) is 4.98. The summed E-state index contributed by atoms with van der Waals surface area (Å²) in [5, 5.41) is 3.12. The highest BCUT2D eigenvalue weighted by atomic mass is 79.9. The maximum absolute atomic E-state index is 14.1. The van der Waals surface area contributed by atoms with E-state index < -0.39 is 17.7 Å². The molecule has 5 heteroatoms. The van der Waals surface area contributed by atoms with Crippen LogP contribution in [0.4, 0.5) is 8.78 Å². The number of benzene rings is 1. The van der Waals surface area contributed by atoms with Gasteiger partial charge in [-0.2, -0.15) is 0 Å². The third-order valence-corrected chi connectivity index (χ3v) is 3.46. The Labute approximate surface area is 115 Å². The molecular formula is C13H18BrF2NO. The van der Waals surface area contributed by atoms with Crippen LogP contribution in [-0.2, 0) is 4.74 Å². The lowest BCUT2D eigenvalue weighted by atomic mass is 10.0. The number of methoxy groups -OCH3 is 1. The van der Waals surface area contributed by atoms with Crippen molar-refractivity contribution in [3.63, 3.8) is 0 Å². The molecule has 2 nitrogen and oxygen atoms in total. The summed E-state index contributed by atoms with van der Waals surface area (Å²) in [4.78, 5) is 0. The molecule has 0 saturated carbocycles. The topological polar surface area (TPSA) is 21.3 Å². The van der Waals surface area contributed by atoms with Crippen molar-refractivity contribution >= 4 is 15.9 Å². The Hall–Kier alpha value is -0.520. The minimum atomic E-state index is -0.576. The van der Waals surface area contributed by atoms with Crippen LogP contribution in [-0.4, -0.2) is 19.8 Å². The Morgan fingerprint density at radius 1 is 1.39 bits per heavy atom. The van der Waals surface area contributed by atoms with Gasteiger partial charge < -0.3 is 10.1 Å². The van der Waals surface area contributed by atoms with E-state index in [0.717, 1.165) is 6.42 Å². The average Bonchev–Trinajstić information content (AvgIpc) is 2.37.